The van der Waals surface area contributed by atoms with Crippen LogP contribution in [0.15, 0.2) is 48.8 Å². The molecule has 2 aromatic rings. The topological polar surface area (TPSA) is 36.2 Å². The van der Waals surface area contributed by atoms with Crippen LogP contribution in [0.3, 0.4) is 0 Å². The molecular weight excluding hydrogens is 214 g/mol. The van der Waals surface area contributed by atoms with Crippen LogP contribution in [0.4, 0.5) is 0 Å². The molecule has 0 spiro atoms. The fourth-order valence-electron chi connectivity index (χ4n) is 2.20. The number of benzene rings is 1. The number of rotatable bonds is 1. The average molecular weight is 227 g/mol. The van der Waals surface area contributed by atoms with Crippen molar-refractivity contribution in [3.8, 4) is 5.75 Å². The van der Waals surface area contributed by atoms with Gasteiger partial charge in [0.2, 0.25) is 0 Å². The fraction of sp³-hybridized carbons (Fsp3) is 0.214. The minimum atomic E-state index is 0.0612. The lowest BCUT2D eigenvalue weighted by molar-refractivity contribution is -0.605. The summed E-state index contributed by atoms with van der Waals surface area (Å²) in [5, 5.41) is 11.0. The quantitative estimate of drug-likeness (QED) is 0.554. The van der Waals surface area contributed by atoms with Crippen molar-refractivity contribution in [2.24, 2.45) is 0 Å². The molecule has 0 fully saturated rings. The third kappa shape index (κ3) is 1.96. The van der Waals surface area contributed by atoms with Crippen molar-refractivity contribution < 1.29 is 9.47 Å². The molecule has 3 heteroatoms. The highest BCUT2D eigenvalue weighted by Crippen LogP contribution is 2.34. The molecule has 0 saturated heterocycles. The molecule has 3 rings (SSSR count). The van der Waals surface area contributed by atoms with E-state index in [1.807, 2.05) is 30.3 Å². The van der Waals surface area contributed by atoms with Gasteiger partial charge < -0.3 is 9.94 Å². The van der Waals surface area contributed by atoms with Gasteiger partial charge in [0.25, 0.3) is 0 Å². The summed E-state index contributed by atoms with van der Waals surface area (Å²) in [6, 6.07) is 11.8. The maximum Gasteiger partial charge on any atom is 0.180 e. The van der Waals surface area contributed by atoms with Gasteiger partial charge in [0.05, 0.1) is 0 Å². The summed E-state index contributed by atoms with van der Waals surface area (Å²) in [6.07, 6.45) is 5.07. The predicted molar refractivity (Wildman–Crippen MR) is 63.5 cm³/mol. The van der Waals surface area contributed by atoms with E-state index in [1.54, 1.807) is 0 Å². The Labute approximate surface area is 99.9 Å². The SMILES string of the molecule is [O-][n+]1ccc(C2CCc3ccccc3O2)cc1. The van der Waals surface area contributed by atoms with Gasteiger partial charge in [0.1, 0.15) is 11.9 Å². The Morgan fingerprint density at radius 3 is 2.71 bits per heavy atom. The summed E-state index contributed by atoms with van der Waals surface area (Å²) in [4.78, 5) is 0. The number of hydrogen-bond donors (Lipinski definition) is 0. The van der Waals surface area contributed by atoms with E-state index in [1.165, 1.54) is 18.0 Å². The van der Waals surface area contributed by atoms with Gasteiger partial charge in [-0.2, -0.15) is 4.73 Å². The van der Waals surface area contributed by atoms with Crippen LogP contribution in [0.25, 0.3) is 0 Å². The Hall–Kier alpha value is -2.03. The molecule has 3 nitrogen and oxygen atoms in total. The second-order valence-electron chi connectivity index (χ2n) is 4.24. The van der Waals surface area contributed by atoms with E-state index < -0.39 is 0 Å². The van der Waals surface area contributed by atoms with Crippen molar-refractivity contribution in [2.75, 3.05) is 0 Å². The highest BCUT2D eigenvalue weighted by molar-refractivity contribution is 5.36. The van der Waals surface area contributed by atoms with Gasteiger partial charge in [-0.05, 0) is 24.5 Å². The second kappa shape index (κ2) is 4.09. The molecular formula is C14H13NO2. The Bertz CT molecular complexity index is 522. The molecule has 1 aliphatic heterocycles. The first kappa shape index (κ1) is 10.1. The van der Waals surface area contributed by atoms with Crippen LogP contribution >= 0.6 is 0 Å². The first-order valence-corrected chi connectivity index (χ1v) is 5.76. The normalized spacial score (nSPS) is 18.2. The second-order valence-corrected chi connectivity index (χ2v) is 4.24. The summed E-state index contributed by atoms with van der Waals surface area (Å²) >= 11 is 0. The van der Waals surface area contributed by atoms with Crippen LogP contribution in [0.2, 0.25) is 0 Å². The maximum absolute atomic E-state index is 11.0. The molecule has 0 saturated carbocycles. The van der Waals surface area contributed by atoms with Gasteiger partial charge in [-0.25, -0.2) is 0 Å². The highest BCUT2D eigenvalue weighted by Gasteiger charge is 2.21. The Balaban J connectivity index is 1.86. The van der Waals surface area contributed by atoms with Crippen molar-refractivity contribution in [3.05, 3.63) is 65.1 Å². The molecule has 1 aromatic heterocycles. The number of fused-ring (bicyclic) bond motifs is 1. The standard InChI is InChI=1S/C14H13NO2/c16-15-9-7-12(8-10-15)14-6-5-11-3-1-2-4-13(11)17-14/h1-4,7-10,14H,5-6H2. The van der Waals surface area contributed by atoms with E-state index in [0.717, 1.165) is 28.9 Å². The van der Waals surface area contributed by atoms with E-state index in [0.29, 0.717) is 0 Å². The molecule has 0 N–H and O–H groups in total. The fourth-order valence-corrected chi connectivity index (χ4v) is 2.20. The molecule has 0 bridgehead atoms. The zero-order chi connectivity index (χ0) is 11.7. The summed E-state index contributed by atoms with van der Waals surface area (Å²) < 4.78 is 6.74. The van der Waals surface area contributed by atoms with Crippen molar-refractivity contribution in [3.63, 3.8) is 0 Å². The first-order chi connectivity index (χ1) is 8.33. The molecule has 2 heterocycles. The Morgan fingerprint density at radius 1 is 1.12 bits per heavy atom. The number of nitrogens with zero attached hydrogens (tertiary/aromatic N) is 1. The number of aromatic nitrogens is 1. The molecule has 1 aromatic carbocycles. The van der Waals surface area contributed by atoms with Crippen LogP contribution < -0.4 is 9.47 Å². The van der Waals surface area contributed by atoms with Crippen molar-refractivity contribution in [2.45, 2.75) is 18.9 Å². The van der Waals surface area contributed by atoms with Crippen molar-refractivity contribution in [1.29, 1.82) is 0 Å². The van der Waals surface area contributed by atoms with E-state index in [-0.39, 0.29) is 6.10 Å². The van der Waals surface area contributed by atoms with E-state index >= 15 is 0 Å². The molecule has 1 aliphatic rings. The summed E-state index contributed by atoms with van der Waals surface area (Å²) in [6.45, 7) is 0. The zero-order valence-electron chi connectivity index (χ0n) is 9.37. The summed E-state index contributed by atoms with van der Waals surface area (Å²) in [5.41, 5.74) is 2.32. The lowest BCUT2D eigenvalue weighted by atomic mass is 9.98. The van der Waals surface area contributed by atoms with E-state index in [9.17, 15) is 5.21 Å². The van der Waals surface area contributed by atoms with Crippen LogP contribution in [0.1, 0.15) is 23.7 Å². The van der Waals surface area contributed by atoms with Gasteiger partial charge >= 0.3 is 0 Å². The smallest absolute Gasteiger partial charge is 0.180 e. The highest BCUT2D eigenvalue weighted by atomic mass is 16.5. The maximum atomic E-state index is 11.0. The van der Waals surface area contributed by atoms with Crippen LogP contribution in [0.5, 0.6) is 5.75 Å². The van der Waals surface area contributed by atoms with Crippen molar-refractivity contribution in [1.82, 2.24) is 0 Å². The van der Waals surface area contributed by atoms with Gasteiger partial charge in [-0.1, -0.05) is 18.2 Å². The molecule has 0 amide bonds. The first-order valence-electron chi connectivity index (χ1n) is 5.76. The number of para-hydroxylation sites is 1. The monoisotopic (exact) mass is 227 g/mol. The largest absolute Gasteiger partial charge is 0.619 e. The minimum absolute atomic E-state index is 0.0612. The Kier molecular flexibility index (Phi) is 2.44. The van der Waals surface area contributed by atoms with Crippen LogP contribution in [0, 0.1) is 5.21 Å². The van der Waals surface area contributed by atoms with Crippen LogP contribution in [-0.2, 0) is 6.42 Å². The third-order valence-corrected chi connectivity index (χ3v) is 3.12. The summed E-state index contributed by atoms with van der Waals surface area (Å²) in [7, 11) is 0. The Morgan fingerprint density at radius 2 is 1.88 bits per heavy atom. The number of ether oxygens (including phenoxy) is 1. The van der Waals surface area contributed by atoms with Gasteiger partial charge in [-0.3, -0.25) is 0 Å². The lowest BCUT2D eigenvalue weighted by Crippen LogP contribution is -2.25. The van der Waals surface area contributed by atoms with E-state index in [2.05, 4.69) is 6.07 Å². The van der Waals surface area contributed by atoms with Gasteiger partial charge in [-0.15, -0.1) is 0 Å². The van der Waals surface area contributed by atoms with Crippen molar-refractivity contribution >= 4 is 0 Å². The zero-order valence-corrected chi connectivity index (χ0v) is 9.37. The molecule has 86 valence electrons. The molecule has 0 radical (unpaired) electrons. The molecule has 1 unspecified atom stereocenters. The minimum Gasteiger partial charge on any atom is -0.619 e. The van der Waals surface area contributed by atoms with E-state index in [4.69, 9.17) is 4.74 Å². The van der Waals surface area contributed by atoms with Gasteiger partial charge in [0, 0.05) is 17.7 Å². The molecule has 0 aliphatic carbocycles. The predicted octanol–water partition coefficient (Wildman–Crippen LogP) is 2.39. The average Bonchev–Trinajstić information content (AvgIpc) is 2.39. The number of hydrogen-bond acceptors (Lipinski definition) is 2. The number of pyridine rings is 1. The molecule has 17 heavy (non-hydrogen) atoms. The third-order valence-electron chi connectivity index (χ3n) is 3.12. The van der Waals surface area contributed by atoms with Gasteiger partial charge in [0.15, 0.2) is 12.4 Å². The number of aryl methyl sites for hydroxylation is 1. The van der Waals surface area contributed by atoms with Crippen LogP contribution in [-0.4, -0.2) is 0 Å². The molecule has 1 atom stereocenters. The lowest BCUT2D eigenvalue weighted by Gasteiger charge is -2.26. The summed E-state index contributed by atoms with van der Waals surface area (Å²) in [5.74, 6) is 0.961.